The number of nitrogens with one attached hydrogen (secondary N) is 1. The minimum Gasteiger partial charge on any atom is -0.364 e. The van der Waals surface area contributed by atoms with Crippen molar-refractivity contribution in [2.24, 2.45) is 5.73 Å². The van der Waals surface area contributed by atoms with Gasteiger partial charge in [-0.25, -0.2) is 0 Å². The molecule has 0 heterocycles. The number of non-ortho nitro benzene ring substituents is 1. The van der Waals surface area contributed by atoms with Crippen LogP contribution in [0.1, 0.15) is 15.9 Å². The molecule has 0 aromatic heterocycles. The Bertz CT molecular complexity index is 831. The van der Waals surface area contributed by atoms with Crippen LogP contribution in [0.5, 0.6) is 0 Å². The molecule has 2 rings (SSSR count). The lowest BCUT2D eigenvalue weighted by Crippen LogP contribution is -2.31. The molecule has 0 fully saturated rings. The summed E-state index contributed by atoms with van der Waals surface area (Å²) in [7, 11) is 0. The van der Waals surface area contributed by atoms with Crippen LogP contribution in [0.3, 0.4) is 0 Å². The molecular formula is C16H12BrN3O4. The van der Waals surface area contributed by atoms with Crippen molar-refractivity contribution >= 4 is 39.5 Å². The second-order valence-electron chi connectivity index (χ2n) is 4.74. The molecule has 122 valence electrons. The number of nitro benzene ring substituents is 1. The zero-order valence-corrected chi connectivity index (χ0v) is 13.8. The van der Waals surface area contributed by atoms with Gasteiger partial charge in [0.15, 0.2) is 0 Å². The summed E-state index contributed by atoms with van der Waals surface area (Å²) in [6.45, 7) is 0. The van der Waals surface area contributed by atoms with Crippen molar-refractivity contribution in [1.29, 1.82) is 0 Å². The Morgan fingerprint density at radius 1 is 1.17 bits per heavy atom. The summed E-state index contributed by atoms with van der Waals surface area (Å²) in [5.41, 5.74) is 5.68. The average molecular weight is 390 g/mol. The Hall–Kier alpha value is -3.00. The second-order valence-corrected chi connectivity index (χ2v) is 5.65. The van der Waals surface area contributed by atoms with Crippen molar-refractivity contribution in [3.05, 3.63) is 79.9 Å². The molecule has 2 aromatic carbocycles. The Balaban J connectivity index is 2.27. The van der Waals surface area contributed by atoms with E-state index in [1.807, 2.05) is 0 Å². The standard InChI is InChI=1S/C16H12BrN3O4/c17-12-6-4-11(5-7-12)16(22)19-14(15(18)21)9-10-2-1-3-13(8-10)20(23)24/h1-9H,(H2,18,21)(H,19,22). The molecule has 0 radical (unpaired) electrons. The molecule has 0 saturated carbocycles. The van der Waals surface area contributed by atoms with Gasteiger partial charge in [0.1, 0.15) is 5.70 Å². The third kappa shape index (κ3) is 4.50. The molecule has 3 N–H and O–H groups in total. The lowest BCUT2D eigenvalue weighted by molar-refractivity contribution is -0.384. The van der Waals surface area contributed by atoms with Gasteiger partial charge < -0.3 is 11.1 Å². The Labute approximate surface area is 145 Å². The molecule has 0 saturated heterocycles. The number of nitrogens with two attached hydrogens (primary N) is 1. The summed E-state index contributed by atoms with van der Waals surface area (Å²) in [6, 6.07) is 12.1. The molecule has 2 aromatic rings. The summed E-state index contributed by atoms with van der Waals surface area (Å²) in [4.78, 5) is 33.9. The van der Waals surface area contributed by atoms with E-state index in [-0.39, 0.29) is 11.4 Å². The van der Waals surface area contributed by atoms with Gasteiger partial charge in [-0.2, -0.15) is 0 Å². The highest BCUT2D eigenvalue weighted by atomic mass is 79.9. The third-order valence-electron chi connectivity index (χ3n) is 3.01. The van der Waals surface area contributed by atoms with Crippen molar-refractivity contribution in [1.82, 2.24) is 5.32 Å². The lowest BCUT2D eigenvalue weighted by Gasteiger charge is -2.07. The van der Waals surface area contributed by atoms with Crippen LogP contribution in [-0.2, 0) is 4.79 Å². The molecule has 0 aliphatic carbocycles. The SMILES string of the molecule is NC(=O)C(=Cc1cccc([N+](=O)[O-])c1)NC(=O)c1ccc(Br)cc1. The van der Waals surface area contributed by atoms with E-state index in [0.29, 0.717) is 11.1 Å². The van der Waals surface area contributed by atoms with Crippen LogP contribution >= 0.6 is 15.9 Å². The van der Waals surface area contributed by atoms with E-state index in [4.69, 9.17) is 5.73 Å². The van der Waals surface area contributed by atoms with Crippen LogP contribution in [0.2, 0.25) is 0 Å². The van der Waals surface area contributed by atoms with Gasteiger partial charge in [-0.05, 0) is 35.9 Å². The Morgan fingerprint density at radius 2 is 1.83 bits per heavy atom. The van der Waals surface area contributed by atoms with Gasteiger partial charge in [-0.3, -0.25) is 19.7 Å². The fraction of sp³-hybridized carbons (Fsp3) is 0. The van der Waals surface area contributed by atoms with Crippen LogP contribution in [0.25, 0.3) is 6.08 Å². The van der Waals surface area contributed by atoms with Gasteiger partial charge in [0.2, 0.25) is 0 Å². The molecular weight excluding hydrogens is 378 g/mol. The zero-order valence-electron chi connectivity index (χ0n) is 12.2. The van der Waals surface area contributed by atoms with Crippen molar-refractivity contribution in [2.75, 3.05) is 0 Å². The predicted molar refractivity (Wildman–Crippen MR) is 91.9 cm³/mol. The minimum atomic E-state index is -0.855. The lowest BCUT2D eigenvalue weighted by atomic mass is 10.1. The van der Waals surface area contributed by atoms with Gasteiger partial charge in [0.05, 0.1) is 4.92 Å². The van der Waals surface area contributed by atoms with E-state index in [0.717, 1.165) is 4.47 Å². The highest BCUT2D eigenvalue weighted by Gasteiger charge is 2.13. The number of nitrogens with zero attached hydrogens (tertiary/aromatic N) is 1. The molecule has 0 bridgehead atoms. The van der Waals surface area contributed by atoms with Crippen molar-refractivity contribution in [3.63, 3.8) is 0 Å². The maximum atomic E-state index is 12.2. The molecule has 2 amide bonds. The number of hydrogen-bond donors (Lipinski definition) is 2. The molecule has 0 spiro atoms. The number of benzene rings is 2. The normalized spacial score (nSPS) is 11.0. The number of carbonyl (C=O) groups excluding carboxylic acids is 2. The molecule has 0 atom stereocenters. The summed E-state index contributed by atoms with van der Waals surface area (Å²) in [6.07, 6.45) is 1.28. The number of hydrogen-bond acceptors (Lipinski definition) is 4. The van der Waals surface area contributed by atoms with E-state index < -0.39 is 16.7 Å². The van der Waals surface area contributed by atoms with Crippen molar-refractivity contribution in [3.8, 4) is 0 Å². The van der Waals surface area contributed by atoms with Crippen LogP contribution in [0.15, 0.2) is 58.7 Å². The predicted octanol–water partition coefficient (Wildman–Crippen LogP) is 2.61. The maximum Gasteiger partial charge on any atom is 0.270 e. The van der Waals surface area contributed by atoms with E-state index in [1.54, 1.807) is 30.3 Å². The number of amides is 2. The van der Waals surface area contributed by atoms with Gasteiger partial charge in [-0.1, -0.05) is 28.1 Å². The number of rotatable bonds is 5. The van der Waals surface area contributed by atoms with E-state index in [9.17, 15) is 19.7 Å². The topological polar surface area (TPSA) is 115 Å². The first-order valence-corrected chi connectivity index (χ1v) is 7.49. The van der Waals surface area contributed by atoms with Gasteiger partial charge in [0, 0.05) is 22.2 Å². The third-order valence-corrected chi connectivity index (χ3v) is 3.54. The van der Waals surface area contributed by atoms with Crippen LogP contribution in [0.4, 0.5) is 5.69 Å². The average Bonchev–Trinajstić information content (AvgIpc) is 2.55. The fourth-order valence-electron chi connectivity index (χ4n) is 1.86. The smallest absolute Gasteiger partial charge is 0.270 e. The Morgan fingerprint density at radius 3 is 2.42 bits per heavy atom. The van der Waals surface area contributed by atoms with Crippen molar-refractivity contribution < 1.29 is 14.5 Å². The summed E-state index contributed by atoms with van der Waals surface area (Å²) >= 11 is 3.26. The van der Waals surface area contributed by atoms with Crippen LogP contribution < -0.4 is 11.1 Å². The largest absolute Gasteiger partial charge is 0.364 e. The molecule has 0 aliphatic rings. The first-order chi connectivity index (χ1) is 11.4. The number of carbonyl (C=O) groups is 2. The highest BCUT2D eigenvalue weighted by molar-refractivity contribution is 9.10. The summed E-state index contributed by atoms with van der Waals surface area (Å²) in [5.74, 6) is -1.37. The number of nitro groups is 1. The highest BCUT2D eigenvalue weighted by Crippen LogP contribution is 2.16. The van der Waals surface area contributed by atoms with Crippen LogP contribution in [-0.4, -0.2) is 16.7 Å². The van der Waals surface area contributed by atoms with Crippen molar-refractivity contribution in [2.45, 2.75) is 0 Å². The first-order valence-electron chi connectivity index (χ1n) is 6.69. The molecule has 24 heavy (non-hydrogen) atoms. The number of halogens is 1. The van der Waals surface area contributed by atoms with E-state index in [1.165, 1.54) is 24.3 Å². The van der Waals surface area contributed by atoms with Crippen LogP contribution in [0, 0.1) is 10.1 Å². The number of primary amides is 1. The van der Waals surface area contributed by atoms with Gasteiger partial charge in [-0.15, -0.1) is 0 Å². The van der Waals surface area contributed by atoms with Gasteiger partial charge in [0.25, 0.3) is 17.5 Å². The molecule has 0 unspecified atom stereocenters. The first kappa shape index (κ1) is 17.4. The molecule has 7 nitrogen and oxygen atoms in total. The van der Waals surface area contributed by atoms with Gasteiger partial charge >= 0.3 is 0 Å². The minimum absolute atomic E-state index is 0.133. The second kappa shape index (κ2) is 7.51. The quantitative estimate of drug-likeness (QED) is 0.464. The molecule has 0 aliphatic heterocycles. The fourth-order valence-corrected chi connectivity index (χ4v) is 2.12. The molecule has 8 heteroatoms. The summed E-state index contributed by atoms with van der Waals surface area (Å²) in [5, 5.41) is 13.2. The zero-order chi connectivity index (χ0) is 17.7. The van der Waals surface area contributed by atoms with E-state index >= 15 is 0 Å². The monoisotopic (exact) mass is 389 g/mol. The Kier molecular flexibility index (Phi) is 5.43. The van der Waals surface area contributed by atoms with E-state index in [2.05, 4.69) is 21.2 Å². The summed E-state index contributed by atoms with van der Waals surface area (Å²) < 4.78 is 0.807. The maximum absolute atomic E-state index is 12.2.